The number of amides is 2. The Morgan fingerprint density at radius 2 is 1.26 bits per heavy atom. The molecule has 10 nitrogen and oxygen atoms in total. The van der Waals surface area contributed by atoms with E-state index in [-0.39, 0.29) is 24.9 Å². The molecule has 3 aromatic rings. The summed E-state index contributed by atoms with van der Waals surface area (Å²) in [6, 6.07) is 3.99. The van der Waals surface area contributed by atoms with Crippen LogP contribution in [0.25, 0.3) is 20.4 Å². The van der Waals surface area contributed by atoms with Gasteiger partial charge in [0.15, 0.2) is 10.3 Å². The first-order chi connectivity index (χ1) is 16.5. The third-order valence-corrected chi connectivity index (χ3v) is 7.23. The zero-order valence-corrected chi connectivity index (χ0v) is 21.7. The average Bonchev–Trinajstić information content (AvgIpc) is 3.42. The molecule has 0 bridgehead atoms. The van der Waals surface area contributed by atoms with Crippen LogP contribution >= 0.6 is 22.7 Å². The SMILES string of the molecule is CCN(CCOC)C(=O)CNc1nc2cc3nc(NCC(=O)N(CC)CCOC)sc3cc2s1. The molecule has 3 rings (SSSR count). The molecule has 34 heavy (non-hydrogen) atoms. The Morgan fingerprint density at radius 3 is 1.65 bits per heavy atom. The van der Waals surface area contributed by atoms with Crippen LogP contribution in [0.15, 0.2) is 12.1 Å². The van der Waals surface area contributed by atoms with Crippen LogP contribution in [0.4, 0.5) is 10.3 Å². The van der Waals surface area contributed by atoms with Gasteiger partial charge in [0.05, 0.1) is 46.7 Å². The van der Waals surface area contributed by atoms with Crippen molar-refractivity contribution in [2.24, 2.45) is 0 Å². The van der Waals surface area contributed by atoms with E-state index >= 15 is 0 Å². The highest BCUT2D eigenvalue weighted by atomic mass is 32.1. The molecular weight excluding hydrogens is 476 g/mol. The van der Waals surface area contributed by atoms with Gasteiger partial charge in [-0.05, 0) is 26.0 Å². The summed E-state index contributed by atoms with van der Waals surface area (Å²) in [5.74, 6) is 0.0196. The molecule has 0 aliphatic heterocycles. The number of aromatic nitrogens is 2. The topological polar surface area (TPSA) is 109 Å². The van der Waals surface area contributed by atoms with E-state index in [9.17, 15) is 9.59 Å². The first-order valence-electron chi connectivity index (χ1n) is 11.2. The van der Waals surface area contributed by atoms with E-state index in [0.717, 1.165) is 20.4 Å². The lowest BCUT2D eigenvalue weighted by Gasteiger charge is -2.20. The van der Waals surface area contributed by atoms with E-state index in [2.05, 4.69) is 20.6 Å². The van der Waals surface area contributed by atoms with Gasteiger partial charge in [0.2, 0.25) is 11.8 Å². The molecule has 0 atom stereocenters. The number of carbonyl (C=O) groups is 2. The van der Waals surface area contributed by atoms with Gasteiger partial charge in [-0.25, -0.2) is 9.97 Å². The lowest BCUT2D eigenvalue weighted by Crippen LogP contribution is -2.37. The normalized spacial score (nSPS) is 11.2. The summed E-state index contributed by atoms with van der Waals surface area (Å²) in [6.45, 7) is 7.71. The number of nitrogens with zero attached hydrogens (tertiary/aromatic N) is 4. The molecule has 186 valence electrons. The van der Waals surface area contributed by atoms with Crippen LogP contribution in [0.1, 0.15) is 13.8 Å². The van der Waals surface area contributed by atoms with Gasteiger partial charge in [-0.15, -0.1) is 0 Å². The number of methoxy groups -OCH3 is 2. The van der Waals surface area contributed by atoms with Crippen LogP contribution in [-0.2, 0) is 19.1 Å². The Bertz CT molecular complexity index is 969. The standard InChI is InChI=1S/C22H32N6O4S2/c1-5-27(7-9-31-3)19(29)13-23-21-25-15-11-16-18(12-17(15)33-21)34-22(26-16)24-14-20(30)28(6-2)8-10-32-4/h11-12H,5-10,13-14H2,1-4H3,(H,23,25)(H,24,26). The van der Waals surface area contributed by atoms with Gasteiger partial charge in [0.1, 0.15) is 0 Å². The number of hydrogen-bond donors (Lipinski definition) is 2. The summed E-state index contributed by atoms with van der Waals surface area (Å²) in [5, 5.41) is 7.68. The van der Waals surface area contributed by atoms with Crippen LogP contribution in [0, 0.1) is 0 Å². The molecule has 0 fully saturated rings. The van der Waals surface area contributed by atoms with E-state index < -0.39 is 0 Å². The van der Waals surface area contributed by atoms with Crippen molar-refractivity contribution in [3.8, 4) is 0 Å². The molecule has 12 heteroatoms. The summed E-state index contributed by atoms with van der Waals surface area (Å²) >= 11 is 3.00. The minimum atomic E-state index is 0.00979. The highest BCUT2D eigenvalue weighted by molar-refractivity contribution is 7.24. The van der Waals surface area contributed by atoms with Crippen molar-refractivity contribution in [2.45, 2.75) is 13.8 Å². The number of carbonyl (C=O) groups excluding carboxylic acids is 2. The number of anilines is 2. The quantitative estimate of drug-likeness (QED) is 0.342. The van der Waals surface area contributed by atoms with Gasteiger partial charge in [-0.1, -0.05) is 22.7 Å². The monoisotopic (exact) mass is 508 g/mol. The molecule has 0 radical (unpaired) electrons. The van der Waals surface area contributed by atoms with E-state index in [1.54, 1.807) is 24.0 Å². The predicted molar refractivity (Wildman–Crippen MR) is 138 cm³/mol. The number of rotatable bonds is 14. The second-order valence-electron chi connectivity index (χ2n) is 7.47. The van der Waals surface area contributed by atoms with Crippen molar-refractivity contribution >= 4 is 65.2 Å². The van der Waals surface area contributed by atoms with Gasteiger partial charge < -0.3 is 29.9 Å². The summed E-state index contributed by atoms with van der Waals surface area (Å²) in [7, 11) is 3.25. The second-order valence-corrected chi connectivity index (χ2v) is 9.53. The fourth-order valence-electron chi connectivity index (χ4n) is 3.35. The highest BCUT2D eigenvalue weighted by Gasteiger charge is 2.15. The largest absolute Gasteiger partial charge is 0.383 e. The van der Waals surface area contributed by atoms with Crippen molar-refractivity contribution in [2.75, 3.05) is 77.3 Å². The number of ether oxygens (including phenoxy) is 2. The fourth-order valence-corrected chi connectivity index (χ4v) is 5.19. The van der Waals surface area contributed by atoms with Crippen LogP contribution in [0.3, 0.4) is 0 Å². The number of benzene rings is 1. The Hall–Kier alpha value is -2.54. The summed E-state index contributed by atoms with van der Waals surface area (Å²) < 4.78 is 12.2. The maximum Gasteiger partial charge on any atom is 0.242 e. The number of thiazole rings is 2. The first kappa shape index (κ1) is 26.1. The van der Waals surface area contributed by atoms with Crippen molar-refractivity contribution < 1.29 is 19.1 Å². The zero-order chi connectivity index (χ0) is 24.5. The molecule has 0 saturated heterocycles. The number of nitrogens with one attached hydrogen (secondary N) is 2. The minimum absolute atomic E-state index is 0.00979. The molecule has 2 aromatic heterocycles. The summed E-state index contributed by atoms with van der Waals surface area (Å²) in [5.41, 5.74) is 1.65. The second kappa shape index (κ2) is 12.8. The molecule has 0 saturated carbocycles. The van der Waals surface area contributed by atoms with Crippen LogP contribution < -0.4 is 10.6 Å². The number of fused-ring (bicyclic) bond motifs is 2. The number of likely N-dealkylation sites (N-methyl/N-ethyl adjacent to an activating group) is 2. The third kappa shape index (κ3) is 6.75. The van der Waals surface area contributed by atoms with Crippen LogP contribution in [-0.4, -0.2) is 98.3 Å². The maximum absolute atomic E-state index is 12.4. The van der Waals surface area contributed by atoms with Crippen molar-refractivity contribution in [1.29, 1.82) is 0 Å². The molecule has 0 aliphatic rings. The predicted octanol–water partition coefficient (Wildman–Crippen LogP) is 2.72. The maximum atomic E-state index is 12.4. The zero-order valence-electron chi connectivity index (χ0n) is 20.0. The Labute approximate surface area is 207 Å². The van der Waals surface area contributed by atoms with Crippen LogP contribution in [0.5, 0.6) is 0 Å². The lowest BCUT2D eigenvalue weighted by atomic mass is 10.3. The molecule has 1 aromatic carbocycles. The van der Waals surface area contributed by atoms with Gasteiger partial charge in [-0.2, -0.15) is 0 Å². The summed E-state index contributed by atoms with van der Waals surface area (Å²) in [4.78, 5) is 37.6. The molecule has 2 heterocycles. The Morgan fingerprint density at radius 1 is 0.824 bits per heavy atom. The van der Waals surface area contributed by atoms with Crippen molar-refractivity contribution in [1.82, 2.24) is 19.8 Å². The first-order valence-corrected chi connectivity index (χ1v) is 12.8. The van der Waals surface area contributed by atoms with Crippen LogP contribution in [0.2, 0.25) is 0 Å². The smallest absolute Gasteiger partial charge is 0.242 e. The van der Waals surface area contributed by atoms with E-state index in [4.69, 9.17) is 9.47 Å². The third-order valence-electron chi connectivity index (χ3n) is 5.28. The molecule has 2 amide bonds. The average molecular weight is 509 g/mol. The fraction of sp³-hybridized carbons (Fsp3) is 0.545. The van der Waals surface area contributed by atoms with Gasteiger partial charge >= 0.3 is 0 Å². The van der Waals surface area contributed by atoms with Crippen molar-refractivity contribution in [3.63, 3.8) is 0 Å². The van der Waals surface area contributed by atoms with E-state index in [1.807, 2.05) is 26.0 Å². The molecule has 2 N–H and O–H groups in total. The Balaban J connectivity index is 1.61. The van der Waals surface area contributed by atoms with Crippen molar-refractivity contribution in [3.05, 3.63) is 12.1 Å². The molecule has 0 aliphatic carbocycles. The van der Waals surface area contributed by atoms with E-state index in [1.165, 1.54) is 22.7 Å². The van der Waals surface area contributed by atoms with Gasteiger partial charge in [0, 0.05) is 40.4 Å². The molecular formula is C22H32N6O4S2. The molecule has 0 spiro atoms. The molecule has 0 unspecified atom stereocenters. The Kier molecular flexibility index (Phi) is 9.81. The van der Waals surface area contributed by atoms with E-state index in [0.29, 0.717) is 49.7 Å². The van der Waals surface area contributed by atoms with Gasteiger partial charge in [0.25, 0.3) is 0 Å². The van der Waals surface area contributed by atoms with Gasteiger partial charge in [-0.3, -0.25) is 9.59 Å². The highest BCUT2D eigenvalue weighted by Crippen LogP contribution is 2.33. The number of hydrogen-bond acceptors (Lipinski definition) is 10. The summed E-state index contributed by atoms with van der Waals surface area (Å²) in [6.07, 6.45) is 0. The lowest BCUT2D eigenvalue weighted by molar-refractivity contribution is -0.130. The minimum Gasteiger partial charge on any atom is -0.383 e.